The SMILES string of the molecule is COc1ccc(OC)c(-c2cc(-c3ccccc3)nc3sc(C(=O)c4c([O-])on[n+]4C)c(N)c23)c1. The van der Waals surface area contributed by atoms with Gasteiger partial charge in [-0.1, -0.05) is 35.0 Å². The zero-order valence-electron chi connectivity index (χ0n) is 19.1. The number of hydrogen-bond donors (Lipinski definition) is 1. The first kappa shape index (κ1) is 22.4. The number of anilines is 1. The topological polar surface area (TPSA) is 127 Å². The van der Waals surface area contributed by atoms with E-state index >= 15 is 0 Å². The highest BCUT2D eigenvalue weighted by Gasteiger charge is 2.30. The van der Waals surface area contributed by atoms with Gasteiger partial charge in [0.05, 0.1) is 30.9 Å². The predicted molar refractivity (Wildman–Crippen MR) is 129 cm³/mol. The molecular formula is C25H20N4O5S. The van der Waals surface area contributed by atoms with Gasteiger partial charge in [-0.15, -0.1) is 11.3 Å². The van der Waals surface area contributed by atoms with Crippen LogP contribution in [0.1, 0.15) is 15.4 Å². The Bertz CT molecular complexity index is 1560. The number of carbonyl (C=O) groups is 1. The Labute approximate surface area is 203 Å². The molecule has 0 aliphatic rings. The fourth-order valence-electron chi connectivity index (χ4n) is 3.95. The highest BCUT2D eigenvalue weighted by molar-refractivity contribution is 7.21. The Hall–Kier alpha value is -4.44. The average Bonchev–Trinajstić information content (AvgIpc) is 3.41. The van der Waals surface area contributed by atoms with Gasteiger partial charge in [0.15, 0.2) is 13.0 Å². The molecule has 2 N–H and O–H groups in total. The van der Waals surface area contributed by atoms with Crippen LogP contribution in [-0.4, -0.2) is 30.3 Å². The second-order valence-corrected chi connectivity index (χ2v) is 8.67. The van der Waals surface area contributed by atoms with Crippen LogP contribution >= 0.6 is 11.3 Å². The Morgan fingerprint density at radius 3 is 2.51 bits per heavy atom. The number of nitrogen functional groups attached to an aromatic ring is 1. The summed E-state index contributed by atoms with van der Waals surface area (Å²) in [5.74, 6) is -0.182. The minimum Gasteiger partial charge on any atom is -0.539 e. The summed E-state index contributed by atoms with van der Waals surface area (Å²) in [6.07, 6.45) is 0. The standard InChI is InChI=1S/C25H20N4O5S/c1-29-21(25(31)34-28-29)22(30)23-20(26)19-16(15-11-14(32-2)9-10-18(15)33-3)12-17(27-24(19)35-23)13-7-5-4-6-8-13/h4-12H,1-3H3,(H2-,26,28,30,31). The Kier molecular flexibility index (Phi) is 5.58. The van der Waals surface area contributed by atoms with Crippen LogP contribution in [0.25, 0.3) is 32.6 Å². The zero-order valence-corrected chi connectivity index (χ0v) is 19.9. The first-order valence-corrected chi connectivity index (χ1v) is 11.3. The van der Waals surface area contributed by atoms with Crippen LogP contribution in [0.5, 0.6) is 17.4 Å². The molecule has 0 spiro atoms. The molecule has 0 atom stereocenters. The lowest BCUT2D eigenvalue weighted by Crippen LogP contribution is -2.37. The van der Waals surface area contributed by atoms with E-state index in [9.17, 15) is 9.90 Å². The smallest absolute Gasteiger partial charge is 0.305 e. The summed E-state index contributed by atoms with van der Waals surface area (Å²) in [5.41, 5.74) is 9.57. The number of ether oxygens (including phenoxy) is 2. The van der Waals surface area contributed by atoms with Crippen molar-refractivity contribution in [3.8, 4) is 39.8 Å². The largest absolute Gasteiger partial charge is 0.539 e. The van der Waals surface area contributed by atoms with Crippen molar-refractivity contribution in [3.05, 3.63) is 65.2 Å². The van der Waals surface area contributed by atoms with Crippen molar-refractivity contribution >= 4 is 33.0 Å². The molecule has 0 amide bonds. The molecule has 0 fully saturated rings. The second kappa shape index (κ2) is 8.73. The number of aryl methyl sites for hydroxylation is 1. The molecule has 0 bridgehead atoms. The van der Waals surface area contributed by atoms with Gasteiger partial charge in [0.25, 0.3) is 5.78 Å². The quantitative estimate of drug-likeness (QED) is 0.285. The van der Waals surface area contributed by atoms with Crippen molar-refractivity contribution in [1.82, 2.24) is 10.3 Å². The van der Waals surface area contributed by atoms with Gasteiger partial charge in [0.2, 0.25) is 0 Å². The normalized spacial score (nSPS) is 11.1. The van der Waals surface area contributed by atoms with Crippen molar-refractivity contribution in [2.24, 2.45) is 7.05 Å². The summed E-state index contributed by atoms with van der Waals surface area (Å²) < 4.78 is 16.8. The molecule has 0 radical (unpaired) electrons. The maximum Gasteiger partial charge on any atom is 0.305 e. The van der Waals surface area contributed by atoms with Gasteiger partial charge in [0.1, 0.15) is 21.2 Å². The van der Waals surface area contributed by atoms with Gasteiger partial charge in [-0.25, -0.2) is 4.98 Å². The summed E-state index contributed by atoms with van der Waals surface area (Å²) in [6, 6.07) is 17.0. The second-order valence-electron chi connectivity index (χ2n) is 7.67. The summed E-state index contributed by atoms with van der Waals surface area (Å²) in [7, 11) is 4.62. The van der Waals surface area contributed by atoms with Crippen molar-refractivity contribution in [2.75, 3.05) is 20.0 Å². The van der Waals surface area contributed by atoms with Crippen molar-refractivity contribution < 1.29 is 28.6 Å². The van der Waals surface area contributed by atoms with E-state index in [-0.39, 0.29) is 16.3 Å². The Balaban J connectivity index is 1.83. The number of ketones is 1. The van der Waals surface area contributed by atoms with Crippen LogP contribution in [0.15, 0.2) is 59.1 Å². The van der Waals surface area contributed by atoms with Gasteiger partial charge in [0, 0.05) is 22.1 Å². The fourth-order valence-corrected chi connectivity index (χ4v) is 5.01. The average molecular weight is 489 g/mol. The van der Waals surface area contributed by atoms with Gasteiger partial charge >= 0.3 is 5.69 Å². The third-order valence-corrected chi connectivity index (χ3v) is 6.75. The molecule has 0 aliphatic heterocycles. The first-order chi connectivity index (χ1) is 16.9. The molecule has 3 aromatic heterocycles. The molecule has 10 heteroatoms. The molecule has 0 unspecified atom stereocenters. The number of thiophene rings is 1. The summed E-state index contributed by atoms with van der Waals surface area (Å²) in [5, 5.41) is 16.2. The lowest BCUT2D eigenvalue weighted by Gasteiger charge is -2.13. The third-order valence-electron chi connectivity index (χ3n) is 5.65. The predicted octanol–water partition coefficient (Wildman–Crippen LogP) is 3.35. The molecule has 2 aromatic carbocycles. The number of methoxy groups -OCH3 is 2. The lowest BCUT2D eigenvalue weighted by atomic mass is 9.98. The number of rotatable bonds is 6. The number of carbonyl (C=O) groups excluding carboxylic acids is 1. The van der Waals surface area contributed by atoms with Crippen LogP contribution < -0.4 is 25.0 Å². The molecule has 3 heterocycles. The molecule has 0 saturated heterocycles. The zero-order chi connectivity index (χ0) is 24.7. The number of fused-ring (bicyclic) bond motifs is 1. The molecule has 5 aromatic rings. The van der Waals surface area contributed by atoms with Crippen LogP contribution in [0.4, 0.5) is 5.69 Å². The number of nitrogens with two attached hydrogens (primary N) is 1. The van der Waals surface area contributed by atoms with Crippen LogP contribution in [0.3, 0.4) is 0 Å². The highest BCUT2D eigenvalue weighted by atomic mass is 32.1. The van der Waals surface area contributed by atoms with Gasteiger partial charge in [-0.05, 0) is 24.3 Å². The lowest BCUT2D eigenvalue weighted by molar-refractivity contribution is -0.741. The summed E-state index contributed by atoms with van der Waals surface area (Å²) in [6.45, 7) is 0. The Morgan fingerprint density at radius 2 is 1.86 bits per heavy atom. The molecular weight excluding hydrogens is 468 g/mol. The minimum absolute atomic E-state index is 0.178. The van der Waals surface area contributed by atoms with Crippen molar-refractivity contribution in [2.45, 2.75) is 0 Å². The number of pyridine rings is 1. The number of nitrogens with zero attached hydrogens (tertiary/aromatic N) is 3. The number of hydrogen-bond acceptors (Lipinski definition) is 9. The monoisotopic (exact) mass is 488 g/mol. The summed E-state index contributed by atoms with van der Waals surface area (Å²) in [4.78, 5) is 18.8. The van der Waals surface area contributed by atoms with Crippen LogP contribution in [0.2, 0.25) is 0 Å². The molecule has 176 valence electrons. The van der Waals surface area contributed by atoms with Crippen LogP contribution in [0, 0.1) is 0 Å². The molecule has 5 rings (SSSR count). The molecule has 0 saturated carbocycles. The maximum absolute atomic E-state index is 13.3. The van der Waals surface area contributed by atoms with E-state index in [0.717, 1.165) is 32.7 Å². The van der Waals surface area contributed by atoms with E-state index in [0.29, 0.717) is 27.4 Å². The summed E-state index contributed by atoms with van der Waals surface area (Å²) >= 11 is 1.11. The minimum atomic E-state index is -0.832. The third kappa shape index (κ3) is 3.73. The first-order valence-electron chi connectivity index (χ1n) is 10.5. The van der Waals surface area contributed by atoms with Gasteiger partial charge < -0.3 is 24.8 Å². The fraction of sp³-hybridized carbons (Fsp3) is 0.120. The molecule has 9 nitrogen and oxygen atoms in total. The molecule has 0 aliphatic carbocycles. The van der Waals surface area contributed by atoms with E-state index in [4.69, 9.17) is 20.2 Å². The van der Waals surface area contributed by atoms with E-state index in [1.54, 1.807) is 26.4 Å². The van der Waals surface area contributed by atoms with Crippen LogP contribution in [-0.2, 0) is 7.05 Å². The van der Waals surface area contributed by atoms with E-state index < -0.39 is 11.7 Å². The van der Waals surface area contributed by atoms with Gasteiger partial charge in [-0.2, -0.15) is 0 Å². The van der Waals surface area contributed by atoms with E-state index in [2.05, 4.69) is 9.79 Å². The Morgan fingerprint density at radius 1 is 1.09 bits per heavy atom. The number of benzene rings is 2. The van der Waals surface area contributed by atoms with E-state index in [1.165, 1.54) is 7.05 Å². The maximum atomic E-state index is 13.3. The van der Waals surface area contributed by atoms with Gasteiger partial charge in [-0.3, -0.25) is 4.79 Å². The number of aromatic nitrogens is 3. The van der Waals surface area contributed by atoms with Crippen molar-refractivity contribution in [1.29, 1.82) is 0 Å². The van der Waals surface area contributed by atoms with Crippen molar-refractivity contribution in [3.63, 3.8) is 0 Å². The molecule has 35 heavy (non-hydrogen) atoms. The van der Waals surface area contributed by atoms with E-state index in [1.807, 2.05) is 42.5 Å². The highest BCUT2D eigenvalue weighted by Crippen LogP contribution is 2.45.